The molecule has 0 spiro atoms. The van der Waals surface area contributed by atoms with Crippen molar-refractivity contribution in [2.45, 2.75) is 0 Å². The van der Waals surface area contributed by atoms with E-state index in [4.69, 9.17) is 0 Å². The number of hydrogen-bond donors (Lipinski definition) is 2. The van der Waals surface area contributed by atoms with Gasteiger partial charge in [0.05, 0.1) is 23.5 Å². The van der Waals surface area contributed by atoms with Gasteiger partial charge in [-0.2, -0.15) is 0 Å². The molecule has 2 N–H and O–H groups in total. The predicted molar refractivity (Wildman–Crippen MR) is 63.6 cm³/mol. The van der Waals surface area contributed by atoms with Crippen LogP contribution < -0.4 is 15.5 Å². The van der Waals surface area contributed by atoms with E-state index in [9.17, 15) is 4.79 Å². The molecule has 0 saturated carbocycles. The van der Waals surface area contributed by atoms with Crippen LogP contribution in [-0.4, -0.2) is 38.1 Å². The van der Waals surface area contributed by atoms with Gasteiger partial charge >= 0.3 is 0 Å². The van der Waals surface area contributed by atoms with Gasteiger partial charge in [0.15, 0.2) is 0 Å². The van der Waals surface area contributed by atoms with Gasteiger partial charge in [0.2, 0.25) is 5.91 Å². The second-order valence-corrected chi connectivity index (χ2v) is 4.13. The van der Waals surface area contributed by atoms with Crippen LogP contribution in [0.5, 0.6) is 0 Å². The monoisotopic (exact) mass is 220 g/mol. The lowest BCUT2D eigenvalue weighted by atomic mass is 10.0. The average molecular weight is 220 g/mol. The smallest absolute Gasteiger partial charge is 0.230 e. The minimum absolute atomic E-state index is 0.0647. The van der Waals surface area contributed by atoms with Crippen molar-refractivity contribution in [3.05, 3.63) is 18.5 Å². The Balaban J connectivity index is 2.10. The summed E-state index contributed by atoms with van der Waals surface area (Å²) in [5.74, 6) is 0.157. The van der Waals surface area contributed by atoms with Gasteiger partial charge in [-0.25, -0.2) is 0 Å². The standard InChI is InChI=1S/C11H16N4O/c1-15(2)10-3-4-12-7-9(10)14-11(16)8-5-13-6-8/h3-4,7-8,13H,5-6H2,1-2H3,(H,14,16). The quantitative estimate of drug-likeness (QED) is 0.769. The van der Waals surface area contributed by atoms with Crippen LogP contribution in [0.3, 0.4) is 0 Å². The Morgan fingerprint density at radius 1 is 1.56 bits per heavy atom. The Labute approximate surface area is 94.9 Å². The van der Waals surface area contributed by atoms with Crippen LogP contribution in [0.4, 0.5) is 11.4 Å². The molecule has 16 heavy (non-hydrogen) atoms. The molecule has 0 aliphatic carbocycles. The van der Waals surface area contributed by atoms with Crippen LogP contribution in [0.2, 0.25) is 0 Å². The summed E-state index contributed by atoms with van der Waals surface area (Å²) in [7, 11) is 3.88. The second kappa shape index (κ2) is 4.49. The Hall–Kier alpha value is -1.62. The molecular formula is C11H16N4O. The Bertz CT molecular complexity index is 387. The van der Waals surface area contributed by atoms with Gasteiger partial charge in [-0.1, -0.05) is 0 Å². The SMILES string of the molecule is CN(C)c1ccncc1NC(=O)C1CNC1. The molecule has 86 valence electrons. The Morgan fingerprint density at radius 2 is 2.31 bits per heavy atom. The highest BCUT2D eigenvalue weighted by molar-refractivity contribution is 5.96. The number of amides is 1. The number of pyridine rings is 1. The van der Waals surface area contributed by atoms with E-state index < -0.39 is 0 Å². The summed E-state index contributed by atoms with van der Waals surface area (Å²) in [5, 5.41) is 5.99. The molecule has 1 aliphatic rings. The Morgan fingerprint density at radius 3 is 2.88 bits per heavy atom. The molecule has 0 unspecified atom stereocenters. The van der Waals surface area contributed by atoms with Crippen molar-refractivity contribution in [2.24, 2.45) is 5.92 Å². The summed E-state index contributed by atoms with van der Waals surface area (Å²) in [6.45, 7) is 1.53. The molecule has 0 bridgehead atoms. The second-order valence-electron chi connectivity index (χ2n) is 4.13. The van der Waals surface area contributed by atoms with Crippen LogP contribution in [0.25, 0.3) is 0 Å². The van der Waals surface area contributed by atoms with Crippen molar-refractivity contribution in [1.29, 1.82) is 0 Å². The van der Waals surface area contributed by atoms with E-state index in [1.807, 2.05) is 25.1 Å². The molecule has 1 aliphatic heterocycles. The van der Waals surface area contributed by atoms with E-state index in [1.54, 1.807) is 12.4 Å². The number of aromatic nitrogens is 1. The lowest BCUT2D eigenvalue weighted by Gasteiger charge is -2.26. The molecule has 5 heteroatoms. The number of rotatable bonds is 3. The summed E-state index contributed by atoms with van der Waals surface area (Å²) >= 11 is 0. The molecule has 0 atom stereocenters. The zero-order valence-corrected chi connectivity index (χ0v) is 9.53. The van der Waals surface area contributed by atoms with E-state index in [-0.39, 0.29) is 11.8 Å². The first-order valence-electron chi connectivity index (χ1n) is 5.31. The summed E-state index contributed by atoms with van der Waals surface area (Å²) in [6, 6.07) is 1.88. The van der Waals surface area contributed by atoms with Crippen molar-refractivity contribution < 1.29 is 4.79 Å². The zero-order valence-electron chi connectivity index (χ0n) is 9.53. The minimum atomic E-state index is 0.0647. The number of anilines is 2. The molecule has 5 nitrogen and oxygen atoms in total. The number of hydrogen-bond acceptors (Lipinski definition) is 4. The van der Waals surface area contributed by atoms with E-state index in [0.29, 0.717) is 0 Å². The number of nitrogens with one attached hydrogen (secondary N) is 2. The maximum atomic E-state index is 11.8. The van der Waals surface area contributed by atoms with Crippen molar-refractivity contribution in [3.8, 4) is 0 Å². The molecule has 0 radical (unpaired) electrons. The van der Waals surface area contributed by atoms with Crippen LogP contribution in [-0.2, 0) is 4.79 Å². The molecule has 1 aromatic rings. The fourth-order valence-corrected chi connectivity index (χ4v) is 1.58. The van der Waals surface area contributed by atoms with Crippen molar-refractivity contribution >= 4 is 17.3 Å². The van der Waals surface area contributed by atoms with Crippen molar-refractivity contribution in [2.75, 3.05) is 37.4 Å². The largest absolute Gasteiger partial charge is 0.376 e. The third-order valence-corrected chi connectivity index (χ3v) is 2.69. The summed E-state index contributed by atoms with van der Waals surface area (Å²) in [4.78, 5) is 17.8. The normalized spacial score (nSPS) is 15.4. The van der Waals surface area contributed by atoms with E-state index in [1.165, 1.54) is 0 Å². The predicted octanol–water partition coefficient (Wildman–Crippen LogP) is 0.305. The summed E-state index contributed by atoms with van der Waals surface area (Å²) in [5.41, 5.74) is 1.74. The molecule has 1 saturated heterocycles. The van der Waals surface area contributed by atoms with Gasteiger partial charge in [0.25, 0.3) is 0 Å². The van der Waals surface area contributed by atoms with E-state index in [2.05, 4.69) is 15.6 Å². The fraction of sp³-hybridized carbons (Fsp3) is 0.455. The van der Waals surface area contributed by atoms with Gasteiger partial charge in [-0.05, 0) is 6.07 Å². The number of carbonyl (C=O) groups is 1. The first-order valence-corrected chi connectivity index (χ1v) is 5.31. The highest BCUT2D eigenvalue weighted by atomic mass is 16.2. The molecule has 2 heterocycles. The number of nitrogens with zero attached hydrogens (tertiary/aromatic N) is 2. The summed E-state index contributed by atoms with van der Waals surface area (Å²) < 4.78 is 0. The van der Waals surface area contributed by atoms with Gasteiger partial charge in [-0.15, -0.1) is 0 Å². The molecule has 1 amide bonds. The van der Waals surface area contributed by atoms with E-state index >= 15 is 0 Å². The summed E-state index contributed by atoms with van der Waals surface area (Å²) in [6.07, 6.45) is 3.40. The number of carbonyl (C=O) groups excluding carboxylic acids is 1. The minimum Gasteiger partial charge on any atom is -0.376 e. The van der Waals surface area contributed by atoms with Crippen LogP contribution in [0.1, 0.15) is 0 Å². The van der Waals surface area contributed by atoms with E-state index in [0.717, 1.165) is 24.5 Å². The molecule has 2 rings (SSSR count). The molecular weight excluding hydrogens is 204 g/mol. The van der Waals surface area contributed by atoms with Gasteiger partial charge in [-0.3, -0.25) is 9.78 Å². The van der Waals surface area contributed by atoms with Gasteiger partial charge in [0, 0.05) is 33.4 Å². The maximum absolute atomic E-state index is 11.8. The molecule has 1 aromatic heterocycles. The third-order valence-electron chi connectivity index (χ3n) is 2.69. The molecule has 1 fully saturated rings. The fourth-order valence-electron chi connectivity index (χ4n) is 1.58. The Kier molecular flexibility index (Phi) is 3.05. The average Bonchev–Trinajstić information content (AvgIpc) is 2.15. The zero-order chi connectivity index (χ0) is 11.5. The highest BCUT2D eigenvalue weighted by Gasteiger charge is 2.25. The lowest BCUT2D eigenvalue weighted by Crippen LogP contribution is -2.48. The van der Waals surface area contributed by atoms with Crippen molar-refractivity contribution in [1.82, 2.24) is 10.3 Å². The van der Waals surface area contributed by atoms with Gasteiger partial charge in [0.1, 0.15) is 0 Å². The van der Waals surface area contributed by atoms with Crippen molar-refractivity contribution in [3.63, 3.8) is 0 Å². The van der Waals surface area contributed by atoms with Crippen LogP contribution in [0, 0.1) is 5.92 Å². The van der Waals surface area contributed by atoms with Gasteiger partial charge < -0.3 is 15.5 Å². The first-order chi connectivity index (χ1) is 7.68. The first kappa shape index (κ1) is 10.9. The highest BCUT2D eigenvalue weighted by Crippen LogP contribution is 2.23. The topological polar surface area (TPSA) is 57.3 Å². The third kappa shape index (κ3) is 2.14. The lowest BCUT2D eigenvalue weighted by molar-refractivity contribution is -0.121. The maximum Gasteiger partial charge on any atom is 0.230 e. The van der Waals surface area contributed by atoms with Crippen LogP contribution in [0.15, 0.2) is 18.5 Å². The molecule has 0 aromatic carbocycles. The van der Waals surface area contributed by atoms with Crippen LogP contribution >= 0.6 is 0 Å².